The van der Waals surface area contributed by atoms with E-state index in [9.17, 15) is 4.79 Å². The Morgan fingerprint density at radius 3 is 2.71 bits per heavy atom. The van der Waals surface area contributed by atoms with E-state index in [1.54, 1.807) is 6.92 Å². The van der Waals surface area contributed by atoms with Gasteiger partial charge in [0.15, 0.2) is 0 Å². The quantitative estimate of drug-likeness (QED) is 0.939. The molecule has 0 spiro atoms. The third-order valence-electron chi connectivity index (χ3n) is 3.10. The van der Waals surface area contributed by atoms with Gasteiger partial charge < -0.3 is 9.84 Å². The van der Waals surface area contributed by atoms with Crippen LogP contribution in [0.1, 0.15) is 53.1 Å². The van der Waals surface area contributed by atoms with Crippen molar-refractivity contribution in [3.05, 3.63) is 39.8 Å². The monoisotopic (exact) mass is 308 g/mol. The van der Waals surface area contributed by atoms with Crippen LogP contribution in [0.25, 0.3) is 0 Å². The molecule has 2 heterocycles. The number of rotatable bonds is 4. The predicted octanol–water partition coefficient (Wildman–Crippen LogP) is 2.79. The van der Waals surface area contributed by atoms with Gasteiger partial charge in [-0.1, -0.05) is 30.6 Å². The minimum absolute atomic E-state index is 0.122. The lowest BCUT2D eigenvalue weighted by Gasteiger charge is -2.08. The Morgan fingerprint density at radius 1 is 1.43 bits per heavy atom. The van der Waals surface area contributed by atoms with Gasteiger partial charge >= 0.3 is 0 Å². The first kappa shape index (κ1) is 15.4. The van der Waals surface area contributed by atoms with Gasteiger partial charge in [-0.15, -0.1) is 0 Å². The van der Waals surface area contributed by atoms with Gasteiger partial charge in [0, 0.05) is 18.0 Å². The van der Waals surface area contributed by atoms with Crippen LogP contribution in [-0.4, -0.2) is 21.0 Å². The maximum absolute atomic E-state index is 12.2. The second-order valence-electron chi connectivity index (χ2n) is 5.06. The molecule has 0 aromatic carbocycles. The number of amides is 1. The molecule has 2 aromatic rings. The molecule has 0 bridgehead atoms. The molecule has 1 N–H and O–H groups in total. The Hall–Kier alpha value is -1.95. The van der Waals surface area contributed by atoms with Crippen molar-refractivity contribution >= 4 is 17.5 Å². The van der Waals surface area contributed by atoms with Gasteiger partial charge in [0.05, 0.1) is 16.9 Å². The van der Waals surface area contributed by atoms with Gasteiger partial charge in [0.2, 0.25) is 0 Å². The summed E-state index contributed by atoms with van der Waals surface area (Å²) in [6.45, 7) is 7.85. The topological polar surface area (TPSA) is 80.9 Å². The van der Waals surface area contributed by atoms with E-state index >= 15 is 0 Å². The third-order valence-corrected chi connectivity index (χ3v) is 3.38. The second kappa shape index (κ2) is 6.22. The van der Waals surface area contributed by atoms with Crippen molar-refractivity contribution < 1.29 is 9.32 Å². The largest absolute Gasteiger partial charge is 0.361 e. The van der Waals surface area contributed by atoms with Crippen molar-refractivity contribution in [1.82, 2.24) is 20.4 Å². The fraction of sp³-hybridized carbons (Fsp3) is 0.429. The highest BCUT2D eigenvalue weighted by Gasteiger charge is 2.17. The minimum Gasteiger partial charge on any atom is -0.361 e. The maximum Gasteiger partial charge on any atom is 0.271 e. The average molecular weight is 309 g/mol. The van der Waals surface area contributed by atoms with Gasteiger partial charge in [-0.3, -0.25) is 4.79 Å². The number of hydrogen-bond donors (Lipinski definition) is 1. The summed E-state index contributed by atoms with van der Waals surface area (Å²) < 4.78 is 5.05. The van der Waals surface area contributed by atoms with Crippen molar-refractivity contribution in [2.75, 3.05) is 0 Å². The molecule has 0 unspecified atom stereocenters. The molecule has 0 saturated carbocycles. The predicted molar refractivity (Wildman–Crippen MR) is 78.3 cm³/mol. The zero-order chi connectivity index (χ0) is 15.6. The number of aromatic nitrogens is 3. The van der Waals surface area contributed by atoms with Crippen LogP contribution >= 0.6 is 11.6 Å². The smallest absolute Gasteiger partial charge is 0.271 e. The minimum atomic E-state index is -0.343. The number of carbonyl (C=O) groups excluding carboxylic acids is 1. The number of carbonyl (C=O) groups is 1. The summed E-state index contributed by atoms with van der Waals surface area (Å²) in [5.74, 6) is 1.05. The average Bonchev–Trinajstić information content (AvgIpc) is 2.75. The molecule has 0 radical (unpaired) electrons. The van der Waals surface area contributed by atoms with E-state index < -0.39 is 0 Å². The highest BCUT2D eigenvalue weighted by molar-refractivity contribution is 6.33. The van der Waals surface area contributed by atoms with Gasteiger partial charge in [-0.05, 0) is 13.8 Å². The number of hydrogen-bond acceptors (Lipinski definition) is 5. The standard InChI is InChI=1S/C14H17ClN4O2/c1-7(2)13-16-6-11(15)12(18-13)14(20)17-5-10-8(3)19-21-9(10)4/h6-7H,5H2,1-4H3,(H,17,20). The fourth-order valence-corrected chi connectivity index (χ4v) is 2.00. The lowest BCUT2D eigenvalue weighted by atomic mass is 10.2. The third kappa shape index (κ3) is 3.39. The van der Waals surface area contributed by atoms with Crippen LogP contribution in [0.2, 0.25) is 5.02 Å². The molecule has 6 nitrogen and oxygen atoms in total. The summed E-state index contributed by atoms with van der Waals surface area (Å²) in [5, 5.41) is 6.85. The van der Waals surface area contributed by atoms with E-state index in [0.717, 1.165) is 11.3 Å². The van der Waals surface area contributed by atoms with E-state index in [1.165, 1.54) is 6.20 Å². The molecule has 0 aliphatic rings. The molecule has 1 amide bonds. The van der Waals surface area contributed by atoms with Gasteiger partial charge in [-0.25, -0.2) is 9.97 Å². The van der Waals surface area contributed by atoms with Crippen LogP contribution in [0.15, 0.2) is 10.7 Å². The summed E-state index contributed by atoms with van der Waals surface area (Å²) in [6, 6.07) is 0. The zero-order valence-electron chi connectivity index (χ0n) is 12.4. The van der Waals surface area contributed by atoms with Crippen molar-refractivity contribution in [3.8, 4) is 0 Å². The second-order valence-corrected chi connectivity index (χ2v) is 5.47. The van der Waals surface area contributed by atoms with Gasteiger partial charge in [0.25, 0.3) is 5.91 Å². The molecule has 0 aliphatic heterocycles. The summed E-state index contributed by atoms with van der Waals surface area (Å²) in [4.78, 5) is 20.6. The number of nitrogens with zero attached hydrogens (tertiary/aromatic N) is 3. The van der Waals surface area contributed by atoms with Crippen LogP contribution < -0.4 is 5.32 Å². The normalized spacial score (nSPS) is 11.0. The summed E-state index contributed by atoms with van der Waals surface area (Å²) in [6.07, 6.45) is 1.45. The molecule has 112 valence electrons. The Bertz CT molecular complexity index is 647. The molecule has 7 heteroatoms. The molecule has 2 aromatic heterocycles. The lowest BCUT2D eigenvalue weighted by Crippen LogP contribution is -2.25. The number of nitrogens with one attached hydrogen (secondary N) is 1. The number of halogens is 1. The van der Waals surface area contributed by atoms with Crippen LogP contribution in [0.3, 0.4) is 0 Å². The fourth-order valence-electron chi connectivity index (χ4n) is 1.82. The van der Waals surface area contributed by atoms with E-state index in [2.05, 4.69) is 20.4 Å². The van der Waals surface area contributed by atoms with E-state index in [-0.39, 0.29) is 22.5 Å². The van der Waals surface area contributed by atoms with Crippen molar-refractivity contribution in [2.24, 2.45) is 0 Å². The van der Waals surface area contributed by atoms with Crippen LogP contribution in [0.4, 0.5) is 0 Å². The molecular weight excluding hydrogens is 292 g/mol. The molecule has 21 heavy (non-hydrogen) atoms. The number of aryl methyl sites for hydroxylation is 2. The van der Waals surface area contributed by atoms with Crippen LogP contribution in [0, 0.1) is 13.8 Å². The van der Waals surface area contributed by atoms with Crippen LogP contribution in [-0.2, 0) is 6.54 Å². The summed E-state index contributed by atoms with van der Waals surface area (Å²) >= 11 is 6.00. The molecule has 0 saturated heterocycles. The zero-order valence-corrected chi connectivity index (χ0v) is 13.2. The summed E-state index contributed by atoms with van der Waals surface area (Å²) in [5.41, 5.74) is 1.80. The Kier molecular flexibility index (Phi) is 4.57. The lowest BCUT2D eigenvalue weighted by molar-refractivity contribution is 0.0945. The maximum atomic E-state index is 12.2. The molecule has 0 fully saturated rings. The summed E-state index contributed by atoms with van der Waals surface area (Å²) in [7, 11) is 0. The van der Waals surface area contributed by atoms with E-state index in [4.69, 9.17) is 16.1 Å². The first-order valence-electron chi connectivity index (χ1n) is 6.62. The van der Waals surface area contributed by atoms with Crippen molar-refractivity contribution in [1.29, 1.82) is 0 Å². The van der Waals surface area contributed by atoms with E-state index in [0.29, 0.717) is 18.1 Å². The Balaban J connectivity index is 2.15. The molecular formula is C14H17ClN4O2. The van der Waals surface area contributed by atoms with Gasteiger partial charge in [0.1, 0.15) is 17.3 Å². The van der Waals surface area contributed by atoms with Crippen molar-refractivity contribution in [3.63, 3.8) is 0 Å². The Morgan fingerprint density at radius 2 is 2.14 bits per heavy atom. The highest BCUT2D eigenvalue weighted by Crippen LogP contribution is 2.17. The first-order valence-corrected chi connectivity index (χ1v) is 7.00. The molecule has 2 rings (SSSR count). The molecule has 0 atom stereocenters. The van der Waals surface area contributed by atoms with Crippen molar-refractivity contribution in [2.45, 2.75) is 40.2 Å². The van der Waals surface area contributed by atoms with E-state index in [1.807, 2.05) is 20.8 Å². The van der Waals surface area contributed by atoms with Crippen LogP contribution in [0.5, 0.6) is 0 Å². The first-order chi connectivity index (χ1) is 9.90. The SMILES string of the molecule is Cc1noc(C)c1CNC(=O)c1nc(C(C)C)ncc1Cl. The molecule has 0 aliphatic carbocycles. The highest BCUT2D eigenvalue weighted by atomic mass is 35.5. The van der Waals surface area contributed by atoms with Gasteiger partial charge in [-0.2, -0.15) is 0 Å². The Labute approximate surface area is 127 Å².